The SMILES string of the molecule is CCCOC(=O)CCC(O)c1c(C)cc(C)cc1C. The molecule has 0 aliphatic heterocycles. The van der Waals surface area contributed by atoms with E-state index in [9.17, 15) is 9.90 Å². The first-order chi connectivity index (χ1) is 8.95. The molecule has 3 nitrogen and oxygen atoms in total. The first kappa shape index (κ1) is 15.7. The number of ether oxygens (including phenoxy) is 1. The molecule has 0 spiro atoms. The van der Waals surface area contributed by atoms with Gasteiger partial charge in [0.2, 0.25) is 0 Å². The summed E-state index contributed by atoms with van der Waals surface area (Å²) in [6.07, 6.45) is 0.890. The molecular formula is C16H24O3. The van der Waals surface area contributed by atoms with Crippen LogP contribution in [0.2, 0.25) is 0 Å². The van der Waals surface area contributed by atoms with Crippen molar-refractivity contribution < 1.29 is 14.6 Å². The van der Waals surface area contributed by atoms with Crippen LogP contribution in [-0.2, 0) is 9.53 Å². The van der Waals surface area contributed by atoms with E-state index in [0.29, 0.717) is 13.0 Å². The highest BCUT2D eigenvalue weighted by atomic mass is 16.5. The van der Waals surface area contributed by atoms with Crippen LogP contribution in [0, 0.1) is 20.8 Å². The summed E-state index contributed by atoms with van der Waals surface area (Å²) in [5.41, 5.74) is 4.28. The topological polar surface area (TPSA) is 46.5 Å². The summed E-state index contributed by atoms with van der Waals surface area (Å²) >= 11 is 0. The fourth-order valence-electron chi connectivity index (χ4n) is 2.40. The van der Waals surface area contributed by atoms with Gasteiger partial charge in [0, 0.05) is 6.42 Å². The largest absolute Gasteiger partial charge is 0.466 e. The molecule has 3 heteroatoms. The van der Waals surface area contributed by atoms with Crippen molar-refractivity contribution >= 4 is 5.97 Å². The second-order valence-electron chi connectivity index (χ2n) is 5.09. The van der Waals surface area contributed by atoms with E-state index in [0.717, 1.165) is 23.1 Å². The standard InChI is InChI=1S/C16H24O3/c1-5-8-19-15(18)7-6-14(17)16-12(3)9-11(2)10-13(16)4/h9-10,14,17H,5-8H2,1-4H3. The molecule has 0 bridgehead atoms. The van der Waals surface area contributed by atoms with Crippen LogP contribution in [0.3, 0.4) is 0 Å². The Morgan fingerprint density at radius 2 is 1.84 bits per heavy atom. The maximum absolute atomic E-state index is 11.4. The molecule has 0 aromatic heterocycles. The van der Waals surface area contributed by atoms with Crippen molar-refractivity contribution in [2.24, 2.45) is 0 Å². The number of carbonyl (C=O) groups is 1. The summed E-state index contributed by atoms with van der Waals surface area (Å²) in [6, 6.07) is 4.11. The van der Waals surface area contributed by atoms with Crippen LogP contribution in [0.15, 0.2) is 12.1 Å². The van der Waals surface area contributed by atoms with Crippen molar-refractivity contribution in [3.63, 3.8) is 0 Å². The first-order valence-electron chi connectivity index (χ1n) is 6.87. The van der Waals surface area contributed by atoms with Crippen molar-refractivity contribution in [2.75, 3.05) is 6.61 Å². The van der Waals surface area contributed by atoms with Gasteiger partial charge in [-0.05, 0) is 50.3 Å². The van der Waals surface area contributed by atoms with Gasteiger partial charge in [0.1, 0.15) is 0 Å². The highest BCUT2D eigenvalue weighted by Crippen LogP contribution is 2.26. The molecule has 19 heavy (non-hydrogen) atoms. The van der Waals surface area contributed by atoms with Gasteiger partial charge in [-0.3, -0.25) is 4.79 Å². The summed E-state index contributed by atoms with van der Waals surface area (Å²) in [5.74, 6) is -0.233. The van der Waals surface area contributed by atoms with E-state index in [4.69, 9.17) is 4.74 Å². The summed E-state index contributed by atoms with van der Waals surface area (Å²) in [4.78, 5) is 11.4. The molecule has 1 N–H and O–H groups in total. The van der Waals surface area contributed by atoms with Crippen LogP contribution < -0.4 is 0 Å². The maximum atomic E-state index is 11.4. The van der Waals surface area contributed by atoms with Gasteiger partial charge in [0.15, 0.2) is 0 Å². The molecule has 1 rings (SSSR count). The van der Waals surface area contributed by atoms with Gasteiger partial charge in [-0.2, -0.15) is 0 Å². The van der Waals surface area contributed by atoms with Crippen molar-refractivity contribution in [1.29, 1.82) is 0 Å². The number of benzene rings is 1. The van der Waals surface area contributed by atoms with Crippen molar-refractivity contribution in [3.05, 3.63) is 34.4 Å². The Morgan fingerprint density at radius 3 is 2.37 bits per heavy atom. The molecular weight excluding hydrogens is 240 g/mol. The molecule has 1 aromatic rings. The lowest BCUT2D eigenvalue weighted by atomic mass is 9.93. The number of aliphatic hydroxyl groups is 1. The number of rotatable bonds is 6. The van der Waals surface area contributed by atoms with E-state index in [1.54, 1.807) is 0 Å². The average Bonchev–Trinajstić information content (AvgIpc) is 2.32. The number of hydrogen-bond donors (Lipinski definition) is 1. The Morgan fingerprint density at radius 1 is 1.26 bits per heavy atom. The van der Waals surface area contributed by atoms with E-state index >= 15 is 0 Å². The Bertz CT molecular complexity index is 415. The van der Waals surface area contributed by atoms with Crippen LogP contribution in [0.5, 0.6) is 0 Å². The normalized spacial score (nSPS) is 12.3. The second kappa shape index (κ2) is 7.29. The van der Waals surface area contributed by atoms with Crippen molar-refractivity contribution in [3.8, 4) is 0 Å². The third-order valence-corrected chi connectivity index (χ3v) is 3.16. The molecule has 0 aliphatic carbocycles. The highest BCUT2D eigenvalue weighted by Gasteiger charge is 2.15. The zero-order valence-corrected chi connectivity index (χ0v) is 12.3. The predicted octanol–water partition coefficient (Wildman–Crippen LogP) is 3.38. The lowest BCUT2D eigenvalue weighted by Crippen LogP contribution is -2.09. The third kappa shape index (κ3) is 4.67. The predicted molar refractivity (Wildman–Crippen MR) is 76.1 cm³/mol. The third-order valence-electron chi connectivity index (χ3n) is 3.16. The monoisotopic (exact) mass is 264 g/mol. The number of esters is 1. The van der Waals surface area contributed by atoms with Crippen LogP contribution >= 0.6 is 0 Å². The van der Waals surface area contributed by atoms with Crippen molar-refractivity contribution in [2.45, 2.75) is 53.1 Å². The smallest absolute Gasteiger partial charge is 0.305 e. The Hall–Kier alpha value is -1.35. The zero-order valence-electron chi connectivity index (χ0n) is 12.3. The number of aliphatic hydroxyl groups excluding tert-OH is 1. The molecule has 0 saturated carbocycles. The van der Waals surface area contributed by atoms with Crippen LogP contribution in [0.25, 0.3) is 0 Å². The van der Waals surface area contributed by atoms with Gasteiger partial charge in [-0.25, -0.2) is 0 Å². The summed E-state index contributed by atoms with van der Waals surface area (Å²) in [6.45, 7) is 8.44. The first-order valence-corrected chi connectivity index (χ1v) is 6.87. The van der Waals surface area contributed by atoms with Crippen LogP contribution in [-0.4, -0.2) is 17.7 Å². The van der Waals surface area contributed by atoms with E-state index < -0.39 is 6.10 Å². The quantitative estimate of drug-likeness (QED) is 0.801. The fraction of sp³-hybridized carbons (Fsp3) is 0.562. The van der Waals surface area contributed by atoms with Gasteiger partial charge >= 0.3 is 5.97 Å². The van der Waals surface area contributed by atoms with E-state index in [2.05, 4.69) is 12.1 Å². The Kier molecular flexibility index (Phi) is 6.03. The molecule has 0 heterocycles. The van der Waals surface area contributed by atoms with E-state index in [1.165, 1.54) is 5.56 Å². The van der Waals surface area contributed by atoms with Gasteiger partial charge < -0.3 is 9.84 Å². The van der Waals surface area contributed by atoms with Crippen LogP contribution in [0.1, 0.15) is 54.5 Å². The highest BCUT2D eigenvalue weighted by molar-refractivity contribution is 5.69. The molecule has 0 radical (unpaired) electrons. The minimum absolute atomic E-state index is 0.233. The minimum Gasteiger partial charge on any atom is -0.466 e. The maximum Gasteiger partial charge on any atom is 0.305 e. The molecule has 0 saturated heterocycles. The molecule has 1 atom stereocenters. The van der Waals surface area contributed by atoms with E-state index in [1.807, 2.05) is 27.7 Å². The summed E-state index contributed by atoms with van der Waals surface area (Å²) in [7, 11) is 0. The second-order valence-corrected chi connectivity index (χ2v) is 5.09. The zero-order chi connectivity index (χ0) is 14.4. The van der Waals surface area contributed by atoms with Crippen molar-refractivity contribution in [1.82, 2.24) is 0 Å². The Labute approximate surface area is 115 Å². The average molecular weight is 264 g/mol. The lowest BCUT2D eigenvalue weighted by Gasteiger charge is -2.17. The van der Waals surface area contributed by atoms with Gasteiger partial charge in [-0.15, -0.1) is 0 Å². The Balaban J connectivity index is 2.63. The molecule has 0 aliphatic rings. The molecule has 106 valence electrons. The van der Waals surface area contributed by atoms with Gasteiger partial charge in [-0.1, -0.05) is 24.6 Å². The molecule has 0 amide bonds. The molecule has 1 unspecified atom stereocenters. The fourth-order valence-corrected chi connectivity index (χ4v) is 2.40. The molecule has 0 fully saturated rings. The van der Waals surface area contributed by atoms with Crippen LogP contribution in [0.4, 0.5) is 0 Å². The van der Waals surface area contributed by atoms with E-state index in [-0.39, 0.29) is 12.4 Å². The number of hydrogen-bond acceptors (Lipinski definition) is 3. The number of aryl methyl sites for hydroxylation is 3. The van der Waals surface area contributed by atoms with Gasteiger partial charge in [0.25, 0.3) is 0 Å². The summed E-state index contributed by atoms with van der Waals surface area (Å²) in [5, 5.41) is 10.2. The molecule has 1 aromatic carbocycles. The lowest BCUT2D eigenvalue weighted by molar-refractivity contribution is -0.144. The summed E-state index contributed by atoms with van der Waals surface area (Å²) < 4.78 is 5.01. The van der Waals surface area contributed by atoms with Gasteiger partial charge in [0.05, 0.1) is 12.7 Å². The number of carbonyl (C=O) groups excluding carboxylic acids is 1. The minimum atomic E-state index is -0.602.